The second-order valence-corrected chi connectivity index (χ2v) is 11.0. The summed E-state index contributed by atoms with van der Waals surface area (Å²) in [6.07, 6.45) is 1.23. The molecule has 2 unspecified atom stereocenters. The summed E-state index contributed by atoms with van der Waals surface area (Å²) in [5.41, 5.74) is 4.71. The third kappa shape index (κ3) is 4.60. The number of benzene rings is 2. The fraction of sp³-hybridized carbons (Fsp3) is 0.250. The third-order valence-corrected chi connectivity index (χ3v) is 7.33. The number of nitrogens with zero attached hydrogens (tertiary/aromatic N) is 4. The summed E-state index contributed by atoms with van der Waals surface area (Å²) in [4.78, 5) is 27.8. The molecule has 0 bridgehead atoms. The number of nitrogen functional groups attached to an aromatic ring is 1. The van der Waals surface area contributed by atoms with E-state index in [1.54, 1.807) is 36.5 Å². The Morgan fingerprint density at radius 2 is 1.95 bits per heavy atom. The van der Waals surface area contributed by atoms with Gasteiger partial charge < -0.3 is 25.4 Å². The summed E-state index contributed by atoms with van der Waals surface area (Å²) in [6, 6.07) is 12.4. The number of aliphatic hydroxyl groups is 1. The number of ether oxygens (including phenoxy) is 1. The fourth-order valence-electron chi connectivity index (χ4n) is 4.07. The topological polar surface area (TPSA) is 183 Å². The lowest BCUT2D eigenvalue weighted by molar-refractivity contribution is -0.165. The van der Waals surface area contributed by atoms with E-state index < -0.39 is 33.4 Å². The normalized spacial score (nSPS) is 17.9. The summed E-state index contributed by atoms with van der Waals surface area (Å²) in [5.74, 6) is -1.02. The van der Waals surface area contributed by atoms with Crippen LogP contribution in [0.3, 0.4) is 0 Å². The molecule has 198 valence electrons. The van der Waals surface area contributed by atoms with Crippen LogP contribution in [-0.4, -0.2) is 71.4 Å². The summed E-state index contributed by atoms with van der Waals surface area (Å²) in [6.45, 7) is 1.40. The Hall–Kier alpha value is -4.27. The molecule has 2 atom stereocenters. The monoisotopic (exact) mass is 540 g/mol. The number of carbonyl (C=O) groups excluding carboxylic acids is 2. The average Bonchev–Trinajstić information content (AvgIpc) is 3.51. The Bertz CT molecular complexity index is 1640. The number of sulfone groups is 1. The number of carbonyl (C=O) groups is 2. The van der Waals surface area contributed by atoms with Crippen molar-refractivity contribution in [2.24, 2.45) is 0 Å². The number of rotatable bonds is 6. The lowest BCUT2D eigenvalue weighted by atomic mass is 9.95. The molecule has 2 aromatic carbocycles. The molecule has 2 aromatic heterocycles. The molecule has 5 rings (SSSR count). The quantitative estimate of drug-likeness (QED) is 0.320. The Morgan fingerprint density at radius 3 is 2.66 bits per heavy atom. The zero-order valence-electron chi connectivity index (χ0n) is 20.4. The van der Waals surface area contributed by atoms with E-state index in [9.17, 15) is 23.1 Å². The van der Waals surface area contributed by atoms with E-state index in [4.69, 9.17) is 15.0 Å². The molecule has 14 heteroatoms. The van der Waals surface area contributed by atoms with Crippen molar-refractivity contribution in [3.05, 3.63) is 54.7 Å². The largest absolute Gasteiger partial charge is 0.380 e. The van der Waals surface area contributed by atoms with E-state index in [-0.39, 0.29) is 29.7 Å². The van der Waals surface area contributed by atoms with E-state index >= 15 is 0 Å². The van der Waals surface area contributed by atoms with Crippen LogP contribution in [0.5, 0.6) is 0 Å². The van der Waals surface area contributed by atoms with Crippen LogP contribution in [0.25, 0.3) is 16.7 Å². The molecule has 0 saturated carbocycles. The van der Waals surface area contributed by atoms with Crippen LogP contribution in [0.15, 0.2) is 64.1 Å². The number of hydrogen-bond donors (Lipinski definition) is 3. The molecule has 1 fully saturated rings. The van der Waals surface area contributed by atoms with Crippen LogP contribution in [0.2, 0.25) is 0 Å². The van der Waals surface area contributed by atoms with Crippen LogP contribution >= 0.6 is 0 Å². The highest BCUT2D eigenvalue weighted by Gasteiger charge is 2.49. The number of nitrogens with two attached hydrogens (primary N) is 1. The maximum Gasteiger partial charge on any atom is 0.260 e. The van der Waals surface area contributed by atoms with Gasteiger partial charge in [-0.15, -0.1) is 5.10 Å². The van der Waals surface area contributed by atoms with Gasteiger partial charge in [-0.3, -0.25) is 14.5 Å². The van der Waals surface area contributed by atoms with Crippen molar-refractivity contribution in [1.29, 1.82) is 0 Å². The molecule has 38 heavy (non-hydrogen) atoms. The van der Waals surface area contributed by atoms with Gasteiger partial charge in [0.2, 0.25) is 0 Å². The second kappa shape index (κ2) is 9.24. The van der Waals surface area contributed by atoms with Gasteiger partial charge in [0.1, 0.15) is 0 Å². The molecule has 0 radical (unpaired) electrons. The number of fused-ring (bicyclic) bond motifs is 1. The number of anilines is 3. The summed E-state index contributed by atoms with van der Waals surface area (Å²) in [7, 11) is -3.34. The van der Waals surface area contributed by atoms with Gasteiger partial charge in [-0.25, -0.2) is 13.1 Å². The number of hydrogen-bond acceptors (Lipinski definition) is 10. The van der Waals surface area contributed by atoms with Crippen molar-refractivity contribution in [2.45, 2.75) is 23.5 Å². The van der Waals surface area contributed by atoms with Crippen molar-refractivity contribution < 1.29 is 32.4 Å². The molecule has 4 aromatic rings. The van der Waals surface area contributed by atoms with E-state index in [2.05, 4.69) is 15.6 Å². The second-order valence-electron chi connectivity index (χ2n) is 9.01. The predicted octanol–water partition coefficient (Wildman–Crippen LogP) is 1.12. The maximum atomic E-state index is 13.3. The number of amides is 2. The zero-order valence-corrected chi connectivity index (χ0v) is 21.2. The summed E-state index contributed by atoms with van der Waals surface area (Å²) >= 11 is 0. The first-order valence-electron chi connectivity index (χ1n) is 11.4. The molecule has 1 aliphatic heterocycles. The smallest absolute Gasteiger partial charge is 0.260 e. The van der Waals surface area contributed by atoms with Gasteiger partial charge in [-0.2, -0.15) is 0 Å². The molecule has 0 aliphatic carbocycles. The first kappa shape index (κ1) is 25.4. The molecule has 2 amide bonds. The summed E-state index contributed by atoms with van der Waals surface area (Å²) in [5, 5.41) is 22.3. The molecule has 4 N–H and O–H groups in total. The van der Waals surface area contributed by atoms with Crippen molar-refractivity contribution >= 4 is 49.9 Å². The minimum absolute atomic E-state index is 0.0546. The van der Waals surface area contributed by atoms with Crippen LogP contribution in [-0.2, 0) is 24.2 Å². The summed E-state index contributed by atoms with van der Waals surface area (Å²) < 4.78 is 35.5. The number of nitrogens with one attached hydrogen (secondary N) is 1. The maximum absolute atomic E-state index is 13.3. The average molecular weight is 541 g/mol. The molecule has 13 nitrogen and oxygen atoms in total. The molecule has 1 aliphatic rings. The van der Waals surface area contributed by atoms with E-state index in [1.165, 1.54) is 34.7 Å². The van der Waals surface area contributed by atoms with E-state index in [0.717, 1.165) is 6.26 Å². The van der Waals surface area contributed by atoms with Gasteiger partial charge in [0.05, 0.1) is 29.1 Å². The van der Waals surface area contributed by atoms with Crippen LogP contribution in [0.4, 0.5) is 17.3 Å². The highest BCUT2D eigenvalue weighted by molar-refractivity contribution is 7.90. The Balaban J connectivity index is 1.32. The minimum atomic E-state index is -3.34. The number of morpholine rings is 1. The van der Waals surface area contributed by atoms with E-state index in [0.29, 0.717) is 22.3 Å². The van der Waals surface area contributed by atoms with Gasteiger partial charge in [-0.05, 0) is 43.3 Å². The highest BCUT2D eigenvalue weighted by Crippen LogP contribution is 2.27. The predicted molar refractivity (Wildman–Crippen MR) is 136 cm³/mol. The number of aromatic nitrogens is 3. The van der Waals surface area contributed by atoms with Gasteiger partial charge in [0.15, 0.2) is 38.8 Å². The lowest BCUT2D eigenvalue weighted by Gasteiger charge is -2.37. The van der Waals surface area contributed by atoms with Crippen molar-refractivity contribution in [3.63, 3.8) is 0 Å². The van der Waals surface area contributed by atoms with Gasteiger partial charge >= 0.3 is 0 Å². The van der Waals surface area contributed by atoms with Crippen molar-refractivity contribution in [2.75, 3.05) is 35.4 Å². The van der Waals surface area contributed by atoms with Crippen LogP contribution < -0.4 is 16.0 Å². The van der Waals surface area contributed by atoms with Gasteiger partial charge in [0, 0.05) is 30.3 Å². The first-order chi connectivity index (χ1) is 17.9. The Kier molecular flexibility index (Phi) is 6.17. The molecular formula is C24H24N6O7S. The minimum Gasteiger partial charge on any atom is -0.380 e. The van der Waals surface area contributed by atoms with Crippen molar-refractivity contribution in [3.8, 4) is 5.69 Å². The first-order valence-corrected chi connectivity index (χ1v) is 13.3. The molecule has 1 saturated heterocycles. The lowest BCUT2D eigenvalue weighted by Crippen LogP contribution is -2.61. The van der Waals surface area contributed by atoms with Gasteiger partial charge in [0.25, 0.3) is 11.8 Å². The molecule has 3 heterocycles. The van der Waals surface area contributed by atoms with E-state index in [1.807, 2.05) is 0 Å². The third-order valence-electron chi connectivity index (χ3n) is 6.20. The highest BCUT2D eigenvalue weighted by atomic mass is 32.2. The van der Waals surface area contributed by atoms with Crippen LogP contribution in [0.1, 0.15) is 6.92 Å². The SMILES string of the molecule is CC(O)(C(=O)Nc1ccc2c(N)noc2c1)C1OCCN(c2ccn(-c3ccc(S(C)(=O)=O)cc3)n2)C1=O. The molecule has 0 spiro atoms. The zero-order chi connectivity index (χ0) is 27.2. The Morgan fingerprint density at radius 1 is 1.21 bits per heavy atom. The van der Waals surface area contributed by atoms with Crippen LogP contribution in [0, 0.1) is 0 Å². The Labute approximate surface area is 216 Å². The van der Waals surface area contributed by atoms with Gasteiger partial charge in [-0.1, -0.05) is 5.16 Å². The van der Waals surface area contributed by atoms with Crippen molar-refractivity contribution in [1.82, 2.24) is 14.9 Å². The fourth-order valence-corrected chi connectivity index (χ4v) is 4.71. The molecular weight excluding hydrogens is 516 g/mol. The standard InChI is InChI=1S/C24H24N6O7S/c1-24(33,23(32)26-14-3-8-17-18(13-14)37-28-21(17)25)20-22(31)29(11-12-36-20)19-9-10-30(27-19)15-4-6-16(7-5-15)38(2,34)35/h3-10,13,20,33H,11-12H2,1-2H3,(H2,25,28)(H,26,32).